The Bertz CT molecular complexity index is 1720. The lowest BCUT2D eigenvalue weighted by Gasteiger charge is -2.15. The summed E-state index contributed by atoms with van der Waals surface area (Å²) in [7, 11) is 1.56. The number of carbonyl (C=O) groups excluding carboxylic acids is 2. The highest BCUT2D eigenvalue weighted by atomic mass is 35.5. The highest BCUT2D eigenvalue weighted by Crippen LogP contribution is 2.51. The summed E-state index contributed by atoms with van der Waals surface area (Å²) in [5, 5.41) is 4.01. The largest absolute Gasteiger partial charge is 0.455 e. The summed E-state index contributed by atoms with van der Waals surface area (Å²) in [6.07, 6.45) is 2.41. The third-order valence-electron chi connectivity index (χ3n) is 7.58. The molecular formula is C33H25ClFNO3. The number of fused-ring (bicyclic) bond motifs is 1. The van der Waals surface area contributed by atoms with E-state index >= 15 is 0 Å². The Morgan fingerprint density at radius 1 is 0.897 bits per heavy atom. The molecule has 1 fully saturated rings. The first-order chi connectivity index (χ1) is 18.9. The van der Waals surface area contributed by atoms with E-state index < -0.39 is 0 Å². The van der Waals surface area contributed by atoms with E-state index in [0.717, 1.165) is 29.5 Å². The number of amides is 1. The van der Waals surface area contributed by atoms with Crippen LogP contribution in [0, 0.1) is 5.82 Å². The van der Waals surface area contributed by atoms with Crippen molar-refractivity contribution in [3.63, 3.8) is 0 Å². The number of nitrogens with one attached hydrogen (secondary N) is 1. The molecule has 194 valence electrons. The monoisotopic (exact) mass is 537 g/mol. The van der Waals surface area contributed by atoms with Gasteiger partial charge in [-0.05, 0) is 84.1 Å². The zero-order chi connectivity index (χ0) is 27.1. The number of rotatable bonds is 7. The van der Waals surface area contributed by atoms with Crippen LogP contribution in [0.15, 0.2) is 95.4 Å². The number of hydrogen-bond donors (Lipinski definition) is 1. The Balaban J connectivity index is 1.34. The summed E-state index contributed by atoms with van der Waals surface area (Å²) in [5.74, 6) is -0.194. The molecule has 1 saturated carbocycles. The average molecular weight is 538 g/mol. The molecule has 39 heavy (non-hydrogen) atoms. The van der Waals surface area contributed by atoms with Gasteiger partial charge in [0.1, 0.15) is 17.2 Å². The van der Waals surface area contributed by atoms with Crippen LogP contribution in [0.25, 0.3) is 33.4 Å². The Labute approximate surface area is 230 Å². The normalized spacial score (nSPS) is 13.8. The number of hydrogen-bond acceptors (Lipinski definition) is 3. The molecule has 4 aromatic carbocycles. The average Bonchev–Trinajstić information content (AvgIpc) is 3.64. The van der Waals surface area contributed by atoms with Crippen molar-refractivity contribution in [3.05, 3.63) is 119 Å². The fourth-order valence-electron chi connectivity index (χ4n) is 5.24. The number of Topliss-reactive ketones (excluding diaryl/α,β-unsaturated/α-hetero) is 1. The van der Waals surface area contributed by atoms with E-state index in [9.17, 15) is 14.0 Å². The first-order valence-electron chi connectivity index (χ1n) is 12.8. The summed E-state index contributed by atoms with van der Waals surface area (Å²) in [4.78, 5) is 26.3. The summed E-state index contributed by atoms with van der Waals surface area (Å²) in [5.41, 5.74) is 4.94. The molecular weight excluding hydrogens is 513 g/mol. The van der Waals surface area contributed by atoms with Gasteiger partial charge in [0.05, 0.1) is 5.56 Å². The third kappa shape index (κ3) is 4.75. The van der Waals surface area contributed by atoms with Gasteiger partial charge in [-0.2, -0.15) is 0 Å². The lowest BCUT2D eigenvalue weighted by atomic mass is 9.88. The third-order valence-corrected chi connectivity index (χ3v) is 7.83. The molecule has 6 heteroatoms. The van der Waals surface area contributed by atoms with Gasteiger partial charge in [0.25, 0.3) is 5.91 Å². The van der Waals surface area contributed by atoms with Crippen molar-refractivity contribution in [2.75, 3.05) is 7.05 Å². The maximum absolute atomic E-state index is 13.5. The lowest BCUT2D eigenvalue weighted by molar-refractivity contribution is 0.0958. The second-order valence-electron chi connectivity index (χ2n) is 10.1. The number of halogens is 2. The van der Waals surface area contributed by atoms with Crippen LogP contribution in [0.3, 0.4) is 0 Å². The first kappa shape index (κ1) is 25.1. The zero-order valence-corrected chi connectivity index (χ0v) is 22.0. The maximum atomic E-state index is 13.5. The molecule has 0 saturated heterocycles. The molecule has 0 atom stereocenters. The molecule has 0 radical (unpaired) electrons. The van der Waals surface area contributed by atoms with E-state index in [4.69, 9.17) is 16.0 Å². The topological polar surface area (TPSA) is 59.3 Å². The van der Waals surface area contributed by atoms with Gasteiger partial charge in [-0.15, -0.1) is 0 Å². The van der Waals surface area contributed by atoms with Crippen molar-refractivity contribution < 1.29 is 18.4 Å². The molecule has 4 nitrogen and oxygen atoms in total. The van der Waals surface area contributed by atoms with Gasteiger partial charge in [-0.25, -0.2) is 4.39 Å². The molecule has 1 aromatic heterocycles. The molecule has 0 bridgehead atoms. The van der Waals surface area contributed by atoms with Crippen LogP contribution in [-0.2, 0) is 5.41 Å². The summed E-state index contributed by atoms with van der Waals surface area (Å²) in [6.45, 7) is 0. The van der Waals surface area contributed by atoms with Crippen molar-refractivity contribution in [2.24, 2.45) is 0 Å². The van der Waals surface area contributed by atoms with Crippen LogP contribution in [-0.4, -0.2) is 18.7 Å². The van der Waals surface area contributed by atoms with Crippen LogP contribution in [0.2, 0.25) is 5.02 Å². The Kier molecular flexibility index (Phi) is 6.32. The molecule has 6 rings (SSSR count). The van der Waals surface area contributed by atoms with E-state index in [0.29, 0.717) is 44.9 Å². The summed E-state index contributed by atoms with van der Waals surface area (Å²) in [6, 6.07) is 26.9. The fourth-order valence-corrected chi connectivity index (χ4v) is 5.36. The van der Waals surface area contributed by atoms with E-state index in [1.165, 1.54) is 12.1 Å². The number of carbonyl (C=O) groups is 2. The second-order valence-corrected chi connectivity index (χ2v) is 10.5. The minimum absolute atomic E-state index is 0.0957. The van der Waals surface area contributed by atoms with Gasteiger partial charge in [-0.1, -0.05) is 48.0 Å². The Morgan fingerprint density at radius 2 is 1.59 bits per heavy atom. The molecule has 0 spiro atoms. The summed E-state index contributed by atoms with van der Waals surface area (Å²) >= 11 is 6.06. The Morgan fingerprint density at radius 3 is 2.28 bits per heavy atom. The van der Waals surface area contributed by atoms with E-state index in [-0.39, 0.29) is 22.9 Å². The van der Waals surface area contributed by atoms with Gasteiger partial charge in [0.2, 0.25) is 0 Å². The molecule has 1 N–H and O–H groups in total. The molecule has 0 unspecified atom stereocenters. The van der Waals surface area contributed by atoms with Crippen LogP contribution in [0.1, 0.15) is 45.5 Å². The minimum Gasteiger partial charge on any atom is -0.455 e. The van der Waals surface area contributed by atoms with Gasteiger partial charge in [-0.3, -0.25) is 9.59 Å². The number of furan rings is 1. The highest BCUT2D eigenvalue weighted by molar-refractivity contribution is 6.30. The number of ketones is 1. The van der Waals surface area contributed by atoms with Gasteiger partial charge in [0.15, 0.2) is 5.78 Å². The molecule has 1 amide bonds. The molecule has 1 aliphatic rings. The van der Waals surface area contributed by atoms with Crippen molar-refractivity contribution >= 4 is 34.3 Å². The molecule has 1 heterocycles. The maximum Gasteiger partial charge on any atom is 0.255 e. The zero-order valence-electron chi connectivity index (χ0n) is 21.3. The standard InChI is InChI=1S/C33H25ClFNO3/c1-36-32(38)30-27-18-22(7-14-29(27)39-31(30)20-5-12-26(35)13-6-20)21-3-2-4-23(17-21)28(37)19-33(15-16-33)24-8-10-25(34)11-9-24/h2-14,17-18H,15-16,19H2,1H3,(H,36,38). The van der Waals surface area contributed by atoms with Gasteiger partial charge in [0, 0.05) is 40.4 Å². The van der Waals surface area contributed by atoms with Gasteiger partial charge >= 0.3 is 0 Å². The van der Waals surface area contributed by atoms with E-state index in [1.54, 1.807) is 19.2 Å². The van der Waals surface area contributed by atoms with Crippen molar-refractivity contribution in [1.82, 2.24) is 5.32 Å². The highest BCUT2D eigenvalue weighted by Gasteiger charge is 2.45. The van der Waals surface area contributed by atoms with Crippen molar-refractivity contribution in [3.8, 4) is 22.5 Å². The first-order valence-corrected chi connectivity index (χ1v) is 13.2. The quantitative estimate of drug-likeness (QED) is 0.213. The predicted octanol–water partition coefficient (Wildman–Crippen LogP) is 8.22. The Hall–Kier alpha value is -4.22. The van der Waals surface area contributed by atoms with Crippen LogP contribution < -0.4 is 5.32 Å². The van der Waals surface area contributed by atoms with Crippen LogP contribution in [0.4, 0.5) is 4.39 Å². The molecule has 1 aliphatic carbocycles. The van der Waals surface area contributed by atoms with Crippen molar-refractivity contribution in [1.29, 1.82) is 0 Å². The SMILES string of the molecule is CNC(=O)c1c(-c2ccc(F)cc2)oc2ccc(-c3cccc(C(=O)CC4(c5ccc(Cl)cc5)CC4)c3)cc12. The molecule has 5 aromatic rings. The van der Waals surface area contributed by atoms with E-state index in [1.807, 2.05) is 66.7 Å². The lowest BCUT2D eigenvalue weighted by Crippen LogP contribution is -2.18. The predicted molar refractivity (Wildman–Crippen MR) is 152 cm³/mol. The van der Waals surface area contributed by atoms with Gasteiger partial charge < -0.3 is 9.73 Å². The summed E-state index contributed by atoms with van der Waals surface area (Å²) < 4.78 is 19.6. The van der Waals surface area contributed by atoms with Crippen LogP contribution in [0.5, 0.6) is 0 Å². The van der Waals surface area contributed by atoms with Crippen molar-refractivity contribution in [2.45, 2.75) is 24.7 Å². The van der Waals surface area contributed by atoms with E-state index in [2.05, 4.69) is 5.32 Å². The van der Waals surface area contributed by atoms with Crippen LogP contribution >= 0.6 is 11.6 Å². The number of benzene rings is 4. The fraction of sp³-hybridized carbons (Fsp3) is 0.152. The second kappa shape index (κ2) is 9.83. The molecule has 0 aliphatic heterocycles. The minimum atomic E-state index is -0.367. The smallest absolute Gasteiger partial charge is 0.255 e.